The third-order valence-corrected chi connectivity index (χ3v) is 3.56. The number of amides is 1. The molecule has 1 aromatic heterocycles. The van der Waals surface area contributed by atoms with Gasteiger partial charge in [-0.3, -0.25) is 4.79 Å². The highest BCUT2D eigenvalue weighted by Crippen LogP contribution is 2.18. The second kappa shape index (κ2) is 5.97. The smallest absolute Gasteiger partial charge is 0.237 e. The molecule has 0 aliphatic carbocycles. The quantitative estimate of drug-likeness (QED) is 0.578. The Balaban J connectivity index is 2.50. The van der Waals surface area contributed by atoms with E-state index in [9.17, 15) is 4.79 Å². The number of nitrogens with zero attached hydrogens (tertiary/aromatic N) is 2. The van der Waals surface area contributed by atoms with Crippen LogP contribution < -0.4 is 11.1 Å². The van der Waals surface area contributed by atoms with Crippen LogP contribution in [0.2, 0.25) is 0 Å². The van der Waals surface area contributed by atoms with Crippen LogP contribution in [0.4, 0.5) is 0 Å². The summed E-state index contributed by atoms with van der Waals surface area (Å²) in [4.78, 5) is 19.7. The number of rotatable bonds is 6. The lowest BCUT2D eigenvalue weighted by atomic mass is 9.99. The summed E-state index contributed by atoms with van der Waals surface area (Å²) in [6, 6.07) is 1.85. The number of primary amides is 1. The molecule has 0 saturated heterocycles. The molecule has 1 unspecified atom stereocenters. The summed E-state index contributed by atoms with van der Waals surface area (Å²) in [5, 5.41) is 3.68. The molecule has 3 N–H and O–H groups in total. The van der Waals surface area contributed by atoms with Crippen LogP contribution in [0.3, 0.4) is 0 Å². The monoisotopic (exact) mass is 254 g/mol. The maximum Gasteiger partial charge on any atom is 0.237 e. The van der Waals surface area contributed by atoms with Crippen molar-refractivity contribution in [2.75, 3.05) is 12.8 Å². The predicted molar refractivity (Wildman–Crippen MR) is 68.8 cm³/mol. The zero-order valence-electron chi connectivity index (χ0n) is 10.4. The summed E-state index contributed by atoms with van der Waals surface area (Å²) in [6.45, 7) is 3.72. The van der Waals surface area contributed by atoms with Crippen LogP contribution in [0.25, 0.3) is 0 Å². The maximum absolute atomic E-state index is 11.3. The number of hydrogen-bond donors (Lipinski definition) is 2. The van der Waals surface area contributed by atoms with Crippen LogP contribution in [0.15, 0.2) is 17.4 Å². The molecule has 94 valence electrons. The highest BCUT2D eigenvalue weighted by molar-refractivity contribution is 7.99. The fourth-order valence-corrected chi connectivity index (χ4v) is 2.25. The molecule has 0 aromatic carbocycles. The molecule has 0 spiro atoms. The summed E-state index contributed by atoms with van der Waals surface area (Å²) in [5.41, 5.74) is 5.61. The third kappa shape index (κ3) is 3.98. The van der Waals surface area contributed by atoms with Crippen molar-refractivity contribution in [3.63, 3.8) is 0 Å². The van der Waals surface area contributed by atoms with Gasteiger partial charge in [0, 0.05) is 17.6 Å². The molecule has 1 rings (SSSR count). The van der Waals surface area contributed by atoms with Crippen molar-refractivity contribution in [1.29, 1.82) is 0 Å². The van der Waals surface area contributed by atoms with Gasteiger partial charge >= 0.3 is 0 Å². The van der Waals surface area contributed by atoms with Gasteiger partial charge in [0.15, 0.2) is 5.16 Å². The number of aryl methyl sites for hydroxylation is 1. The normalized spacial score (nSPS) is 14.3. The molecule has 0 aliphatic heterocycles. The van der Waals surface area contributed by atoms with E-state index in [1.165, 1.54) is 11.8 Å². The van der Waals surface area contributed by atoms with Gasteiger partial charge in [-0.1, -0.05) is 11.8 Å². The highest BCUT2D eigenvalue weighted by atomic mass is 32.2. The lowest BCUT2D eigenvalue weighted by molar-refractivity contribution is -0.123. The number of aromatic nitrogens is 2. The fraction of sp³-hybridized carbons (Fsp3) is 0.545. The number of nitrogens with one attached hydrogen (secondary N) is 1. The van der Waals surface area contributed by atoms with Crippen LogP contribution in [-0.4, -0.2) is 34.2 Å². The Hall–Kier alpha value is -1.14. The van der Waals surface area contributed by atoms with Crippen molar-refractivity contribution in [1.82, 2.24) is 15.3 Å². The van der Waals surface area contributed by atoms with Crippen molar-refractivity contribution in [3.8, 4) is 0 Å². The van der Waals surface area contributed by atoms with Crippen LogP contribution >= 0.6 is 11.8 Å². The zero-order valence-corrected chi connectivity index (χ0v) is 11.2. The first kappa shape index (κ1) is 13.9. The third-order valence-electron chi connectivity index (χ3n) is 2.70. The van der Waals surface area contributed by atoms with E-state index in [0.29, 0.717) is 6.42 Å². The van der Waals surface area contributed by atoms with Crippen LogP contribution in [0.5, 0.6) is 0 Å². The number of nitrogens with two attached hydrogens (primary N) is 1. The molecule has 1 atom stereocenters. The first-order chi connectivity index (χ1) is 7.98. The van der Waals surface area contributed by atoms with Gasteiger partial charge in [-0.05, 0) is 33.4 Å². The minimum absolute atomic E-state index is 0.342. The predicted octanol–water partition coefficient (Wildman–Crippen LogP) is 0.731. The lowest BCUT2D eigenvalue weighted by Gasteiger charge is -2.24. The van der Waals surface area contributed by atoms with Gasteiger partial charge in [0.2, 0.25) is 5.91 Å². The Bertz CT molecular complexity index is 399. The van der Waals surface area contributed by atoms with E-state index < -0.39 is 5.54 Å². The molecule has 1 aromatic rings. The van der Waals surface area contributed by atoms with Crippen molar-refractivity contribution >= 4 is 17.7 Å². The number of carbonyl (C=O) groups excluding carboxylic acids is 1. The van der Waals surface area contributed by atoms with E-state index in [0.717, 1.165) is 16.6 Å². The molecule has 0 aliphatic rings. The molecule has 0 saturated carbocycles. The Morgan fingerprint density at radius 2 is 2.35 bits per heavy atom. The Morgan fingerprint density at radius 3 is 2.88 bits per heavy atom. The molecule has 17 heavy (non-hydrogen) atoms. The Kier molecular flexibility index (Phi) is 4.89. The van der Waals surface area contributed by atoms with E-state index in [1.807, 2.05) is 13.0 Å². The minimum atomic E-state index is -0.670. The fourth-order valence-electron chi connectivity index (χ4n) is 1.21. The SMILES string of the molecule is CNC(C)(CCSc1nccc(C)n1)C(N)=O. The van der Waals surface area contributed by atoms with Crippen LogP contribution in [0, 0.1) is 6.92 Å². The van der Waals surface area contributed by atoms with E-state index in [4.69, 9.17) is 5.73 Å². The van der Waals surface area contributed by atoms with Gasteiger partial charge in [-0.25, -0.2) is 9.97 Å². The number of hydrogen-bond acceptors (Lipinski definition) is 5. The maximum atomic E-state index is 11.3. The van der Waals surface area contributed by atoms with Crippen LogP contribution in [-0.2, 0) is 4.79 Å². The number of carbonyl (C=O) groups is 1. The molecule has 1 amide bonds. The molecule has 0 fully saturated rings. The molecular weight excluding hydrogens is 236 g/mol. The van der Waals surface area contributed by atoms with Crippen LogP contribution in [0.1, 0.15) is 19.0 Å². The summed E-state index contributed by atoms with van der Waals surface area (Å²) in [5.74, 6) is 0.398. The topological polar surface area (TPSA) is 80.9 Å². The molecule has 5 nitrogen and oxygen atoms in total. The second-order valence-electron chi connectivity index (χ2n) is 4.03. The van der Waals surface area contributed by atoms with Crippen molar-refractivity contribution in [2.24, 2.45) is 5.73 Å². The van der Waals surface area contributed by atoms with E-state index in [2.05, 4.69) is 15.3 Å². The van der Waals surface area contributed by atoms with Gasteiger partial charge in [0.25, 0.3) is 0 Å². The highest BCUT2D eigenvalue weighted by Gasteiger charge is 2.28. The summed E-state index contributed by atoms with van der Waals surface area (Å²) in [7, 11) is 1.73. The molecule has 0 bridgehead atoms. The average Bonchev–Trinajstić information content (AvgIpc) is 2.28. The first-order valence-electron chi connectivity index (χ1n) is 5.39. The van der Waals surface area contributed by atoms with Gasteiger partial charge < -0.3 is 11.1 Å². The second-order valence-corrected chi connectivity index (χ2v) is 5.09. The van der Waals surface area contributed by atoms with Crippen molar-refractivity contribution in [3.05, 3.63) is 18.0 Å². The zero-order chi connectivity index (χ0) is 12.9. The summed E-state index contributed by atoms with van der Waals surface area (Å²) < 4.78 is 0. The minimum Gasteiger partial charge on any atom is -0.368 e. The molecule has 1 heterocycles. The number of likely N-dealkylation sites (N-methyl/N-ethyl adjacent to an activating group) is 1. The van der Waals surface area contributed by atoms with Crippen molar-refractivity contribution < 1.29 is 4.79 Å². The van der Waals surface area contributed by atoms with E-state index >= 15 is 0 Å². The standard InChI is InChI=1S/C11H18N4OS/c1-8-4-6-14-10(15-8)17-7-5-11(2,13-3)9(12)16/h4,6,13H,5,7H2,1-3H3,(H2,12,16). The van der Waals surface area contributed by atoms with Gasteiger partial charge in [0.1, 0.15) is 0 Å². The van der Waals surface area contributed by atoms with E-state index in [1.54, 1.807) is 20.2 Å². The van der Waals surface area contributed by atoms with Gasteiger partial charge in [-0.15, -0.1) is 0 Å². The average molecular weight is 254 g/mol. The Morgan fingerprint density at radius 1 is 1.65 bits per heavy atom. The van der Waals surface area contributed by atoms with Gasteiger partial charge in [-0.2, -0.15) is 0 Å². The largest absolute Gasteiger partial charge is 0.368 e. The summed E-state index contributed by atoms with van der Waals surface area (Å²) in [6.07, 6.45) is 2.37. The van der Waals surface area contributed by atoms with Crippen molar-refractivity contribution in [2.45, 2.75) is 31.0 Å². The van der Waals surface area contributed by atoms with Gasteiger partial charge in [0.05, 0.1) is 5.54 Å². The molecule has 0 radical (unpaired) electrons. The summed E-state index contributed by atoms with van der Waals surface area (Å²) >= 11 is 1.52. The van der Waals surface area contributed by atoms with E-state index in [-0.39, 0.29) is 5.91 Å². The first-order valence-corrected chi connectivity index (χ1v) is 6.38. The lowest BCUT2D eigenvalue weighted by Crippen LogP contribution is -2.51. The Labute approximate surface area is 106 Å². The number of thioether (sulfide) groups is 1. The molecule has 6 heteroatoms. The molecular formula is C11H18N4OS.